The van der Waals surface area contributed by atoms with Crippen molar-refractivity contribution in [3.05, 3.63) is 70.3 Å². The number of halogens is 3. The van der Waals surface area contributed by atoms with Gasteiger partial charge in [0.05, 0.1) is 18.6 Å². The quantitative estimate of drug-likeness (QED) is 0.245. The van der Waals surface area contributed by atoms with E-state index in [0.717, 1.165) is 41.6 Å². The monoisotopic (exact) mass is 595 g/mol. The first-order valence-corrected chi connectivity index (χ1v) is 14.5. The zero-order chi connectivity index (χ0) is 30.3. The summed E-state index contributed by atoms with van der Waals surface area (Å²) in [7, 11) is 0. The molecule has 0 bridgehead atoms. The minimum absolute atomic E-state index is 0.0538. The number of β-amino-alcohol motifs (C(OH)–C–C–N with tert-alkyl or cyclic N) is 1. The standard InChI is InChI=1S/C32H32F3N3O5/c1-3-41-31(40)21-10-7-13-38(16-21)17-25(39)23-15-20-11-12-22-27(24(20)14-18(23)2)36-43-30(22)28-26(32(33,34)35)29(42-37-28)19-8-5-4-6-9-19/h4-6,8-9,14-15,21,25,39H,3,7,10-13,16-17H2,1-2H3/t21-,25?/m0/s1. The molecule has 8 nitrogen and oxygen atoms in total. The molecule has 43 heavy (non-hydrogen) atoms. The van der Waals surface area contributed by atoms with Gasteiger partial charge in [-0.15, -0.1) is 0 Å². The van der Waals surface area contributed by atoms with E-state index in [0.29, 0.717) is 43.8 Å². The van der Waals surface area contributed by atoms with Gasteiger partial charge in [-0.3, -0.25) is 9.69 Å². The molecule has 1 aliphatic heterocycles. The predicted octanol–water partition coefficient (Wildman–Crippen LogP) is 6.40. The average Bonchev–Trinajstić information content (AvgIpc) is 3.62. The van der Waals surface area contributed by atoms with Crippen LogP contribution in [0.4, 0.5) is 13.2 Å². The number of fused-ring (bicyclic) bond motifs is 3. The van der Waals surface area contributed by atoms with Crippen molar-refractivity contribution >= 4 is 5.97 Å². The van der Waals surface area contributed by atoms with Crippen LogP contribution >= 0.6 is 0 Å². The molecule has 0 spiro atoms. The number of benzene rings is 2. The molecule has 11 heteroatoms. The number of aryl methyl sites for hydroxylation is 2. The van der Waals surface area contributed by atoms with Gasteiger partial charge in [-0.05, 0) is 68.8 Å². The first-order valence-electron chi connectivity index (χ1n) is 14.5. The van der Waals surface area contributed by atoms with Gasteiger partial charge in [0.1, 0.15) is 11.3 Å². The summed E-state index contributed by atoms with van der Waals surface area (Å²) >= 11 is 0. The number of alkyl halides is 3. The van der Waals surface area contributed by atoms with E-state index in [-0.39, 0.29) is 29.0 Å². The average molecular weight is 596 g/mol. The number of nitrogens with zero attached hydrogens (tertiary/aromatic N) is 3. The van der Waals surface area contributed by atoms with Gasteiger partial charge in [0, 0.05) is 29.8 Å². The van der Waals surface area contributed by atoms with Crippen molar-refractivity contribution in [3.63, 3.8) is 0 Å². The Labute approximate surface area is 246 Å². The molecule has 1 saturated heterocycles. The summed E-state index contributed by atoms with van der Waals surface area (Å²) in [5.74, 6) is -0.821. The number of likely N-dealkylation sites (tertiary alicyclic amines) is 1. The Morgan fingerprint density at radius 1 is 1.12 bits per heavy atom. The first-order chi connectivity index (χ1) is 20.7. The molecular weight excluding hydrogens is 563 g/mol. The summed E-state index contributed by atoms with van der Waals surface area (Å²) in [4.78, 5) is 14.3. The highest BCUT2D eigenvalue weighted by Gasteiger charge is 2.43. The van der Waals surface area contributed by atoms with Crippen molar-refractivity contribution in [2.45, 2.75) is 51.8 Å². The van der Waals surface area contributed by atoms with E-state index in [9.17, 15) is 23.1 Å². The fourth-order valence-corrected chi connectivity index (χ4v) is 6.27. The fourth-order valence-electron chi connectivity index (χ4n) is 6.27. The van der Waals surface area contributed by atoms with Crippen LogP contribution < -0.4 is 0 Å². The van der Waals surface area contributed by atoms with Gasteiger partial charge < -0.3 is 18.9 Å². The Morgan fingerprint density at radius 2 is 1.86 bits per heavy atom. The van der Waals surface area contributed by atoms with Gasteiger partial charge in [-0.25, -0.2) is 0 Å². The van der Waals surface area contributed by atoms with E-state index in [1.807, 2.05) is 19.1 Å². The molecule has 1 N–H and O–H groups in total. The van der Waals surface area contributed by atoms with Gasteiger partial charge in [-0.2, -0.15) is 13.2 Å². The van der Waals surface area contributed by atoms with Gasteiger partial charge in [0.25, 0.3) is 0 Å². The largest absolute Gasteiger partial charge is 0.466 e. The van der Waals surface area contributed by atoms with Crippen molar-refractivity contribution < 1.29 is 36.9 Å². The molecule has 0 saturated carbocycles. The molecule has 0 amide bonds. The zero-order valence-corrected chi connectivity index (χ0v) is 23.9. The summed E-state index contributed by atoms with van der Waals surface area (Å²) in [6, 6.07) is 11.9. The number of carbonyl (C=O) groups is 1. The van der Waals surface area contributed by atoms with Gasteiger partial charge >= 0.3 is 12.1 Å². The number of carbonyl (C=O) groups excluding carboxylic acids is 1. The van der Waals surface area contributed by atoms with Crippen LogP contribution in [0.25, 0.3) is 34.0 Å². The van der Waals surface area contributed by atoms with Crippen LogP contribution in [-0.4, -0.2) is 52.5 Å². The maximum Gasteiger partial charge on any atom is 0.422 e. The normalized spacial score (nSPS) is 17.8. The number of aliphatic hydroxyl groups is 1. The summed E-state index contributed by atoms with van der Waals surface area (Å²) in [5, 5.41) is 19.2. The number of hydrogen-bond acceptors (Lipinski definition) is 8. The number of ether oxygens (including phenoxy) is 1. The molecule has 2 atom stereocenters. The van der Waals surface area contributed by atoms with Crippen molar-refractivity contribution in [2.24, 2.45) is 5.92 Å². The lowest BCUT2D eigenvalue weighted by Crippen LogP contribution is -2.41. The first kappa shape index (κ1) is 29.1. The molecule has 2 aromatic heterocycles. The fraction of sp³-hybridized carbons (Fsp3) is 0.406. The highest BCUT2D eigenvalue weighted by atomic mass is 19.4. The molecule has 2 aliphatic rings. The molecule has 1 unspecified atom stereocenters. The number of aromatic nitrogens is 2. The van der Waals surface area contributed by atoms with E-state index in [1.165, 1.54) is 12.1 Å². The highest BCUT2D eigenvalue weighted by molar-refractivity contribution is 5.79. The number of rotatable bonds is 7. The van der Waals surface area contributed by atoms with Crippen LogP contribution in [0.15, 0.2) is 51.5 Å². The third kappa shape index (κ3) is 5.59. The smallest absolute Gasteiger partial charge is 0.422 e. The lowest BCUT2D eigenvalue weighted by atomic mass is 9.84. The van der Waals surface area contributed by atoms with E-state index in [1.54, 1.807) is 25.1 Å². The molecule has 3 heterocycles. The van der Waals surface area contributed by atoms with Crippen molar-refractivity contribution in [1.29, 1.82) is 0 Å². The maximum absolute atomic E-state index is 14.3. The molecule has 6 rings (SSSR count). The highest BCUT2D eigenvalue weighted by Crippen LogP contribution is 2.47. The van der Waals surface area contributed by atoms with Crippen molar-refractivity contribution in [3.8, 4) is 34.0 Å². The number of esters is 1. The summed E-state index contributed by atoms with van der Waals surface area (Å²) in [6.07, 6.45) is -2.98. The van der Waals surface area contributed by atoms with Gasteiger partial charge in [-0.1, -0.05) is 46.7 Å². The van der Waals surface area contributed by atoms with E-state index >= 15 is 0 Å². The van der Waals surface area contributed by atoms with Gasteiger partial charge in [0.2, 0.25) is 0 Å². The number of aliphatic hydroxyl groups excluding tert-OH is 1. The minimum atomic E-state index is -4.74. The SMILES string of the molecule is CCOC(=O)[C@H]1CCCN(CC(O)c2cc3c(cc2C)-c2noc(-c4noc(-c5ccccc5)c4C(F)(F)F)c2CC3)C1. The minimum Gasteiger partial charge on any atom is -0.466 e. The molecule has 4 aromatic rings. The molecule has 0 radical (unpaired) electrons. The van der Waals surface area contributed by atoms with Crippen LogP contribution in [-0.2, 0) is 28.5 Å². The third-order valence-corrected chi connectivity index (χ3v) is 8.32. The van der Waals surface area contributed by atoms with E-state index < -0.39 is 23.5 Å². The Bertz CT molecular complexity index is 1630. The summed E-state index contributed by atoms with van der Waals surface area (Å²) < 4.78 is 58.9. The lowest BCUT2D eigenvalue weighted by Gasteiger charge is -2.33. The lowest BCUT2D eigenvalue weighted by molar-refractivity contribution is -0.150. The zero-order valence-electron chi connectivity index (χ0n) is 23.9. The second-order valence-corrected chi connectivity index (χ2v) is 11.2. The Balaban J connectivity index is 1.28. The van der Waals surface area contributed by atoms with Crippen LogP contribution in [0, 0.1) is 12.8 Å². The molecule has 1 aliphatic carbocycles. The molecule has 2 aromatic carbocycles. The second kappa shape index (κ2) is 11.6. The van der Waals surface area contributed by atoms with Gasteiger partial charge in [0.15, 0.2) is 17.2 Å². The predicted molar refractivity (Wildman–Crippen MR) is 151 cm³/mol. The maximum atomic E-state index is 14.3. The number of hydrogen-bond donors (Lipinski definition) is 1. The Kier molecular flexibility index (Phi) is 7.87. The Hall–Kier alpha value is -3.96. The molecule has 226 valence electrons. The van der Waals surface area contributed by atoms with E-state index in [4.69, 9.17) is 13.8 Å². The Morgan fingerprint density at radius 3 is 2.60 bits per heavy atom. The van der Waals surface area contributed by atoms with Crippen LogP contribution in [0.2, 0.25) is 0 Å². The second-order valence-electron chi connectivity index (χ2n) is 11.2. The summed E-state index contributed by atoms with van der Waals surface area (Å²) in [5.41, 5.74) is 3.12. The topological polar surface area (TPSA) is 102 Å². The number of piperidine rings is 1. The van der Waals surface area contributed by atoms with Crippen molar-refractivity contribution in [2.75, 3.05) is 26.2 Å². The van der Waals surface area contributed by atoms with Crippen LogP contribution in [0.5, 0.6) is 0 Å². The third-order valence-electron chi connectivity index (χ3n) is 8.32. The van der Waals surface area contributed by atoms with Crippen LogP contribution in [0.3, 0.4) is 0 Å². The van der Waals surface area contributed by atoms with Crippen LogP contribution in [0.1, 0.15) is 53.7 Å². The molecular formula is C32H32F3N3O5. The molecule has 1 fully saturated rings. The van der Waals surface area contributed by atoms with Crippen molar-refractivity contribution in [1.82, 2.24) is 15.2 Å². The summed E-state index contributed by atoms with van der Waals surface area (Å²) in [6.45, 7) is 5.73. The van der Waals surface area contributed by atoms with E-state index in [2.05, 4.69) is 15.2 Å².